The van der Waals surface area contributed by atoms with Gasteiger partial charge in [-0.1, -0.05) is 18.2 Å². The maximum Gasteiger partial charge on any atom is 0.191 e. The number of nitrogens with one attached hydrogen (secondary N) is 2. The quantitative estimate of drug-likeness (QED) is 0.328. The molecule has 2 aromatic heterocycles. The number of nitrogens with zero attached hydrogens (tertiary/aromatic N) is 1. The molecule has 5 nitrogen and oxygen atoms in total. The van der Waals surface area contributed by atoms with Crippen LogP contribution in [-0.2, 0) is 6.42 Å². The van der Waals surface area contributed by atoms with Crippen molar-refractivity contribution in [3.63, 3.8) is 0 Å². The molecule has 0 spiro atoms. The van der Waals surface area contributed by atoms with E-state index in [0.717, 1.165) is 41.4 Å². The zero-order chi connectivity index (χ0) is 16.8. The van der Waals surface area contributed by atoms with Gasteiger partial charge in [0.15, 0.2) is 5.96 Å². The summed E-state index contributed by atoms with van der Waals surface area (Å²) in [5, 5.41) is 7.77. The van der Waals surface area contributed by atoms with E-state index in [-0.39, 0.29) is 30.0 Å². The number of rotatable bonds is 6. The first-order valence-electron chi connectivity index (χ1n) is 8.32. The standard InChI is InChI=1S/C19H23N3O2.HI/c1-3-20-19(21-11-10-16-8-6-12-23-16)22-14(2)18-13-15-7-4-5-9-17(15)24-18;/h4-9,12-14H,3,10-11H2,1-2H3,(H2,20,21,22);1H. The summed E-state index contributed by atoms with van der Waals surface area (Å²) in [6.07, 6.45) is 2.47. The molecule has 1 atom stereocenters. The van der Waals surface area contributed by atoms with E-state index < -0.39 is 0 Å². The molecular weight excluding hydrogens is 429 g/mol. The first-order valence-corrected chi connectivity index (χ1v) is 8.32. The molecule has 1 unspecified atom stereocenters. The zero-order valence-electron chi connectivity index (χ0n) is 14.5. The van der Waals surface area contributed by atoms with Gasteiger partial charge in [0.05, 0.1) is 12.3 Å². The lowest BCUT2D eigenvalue weighted by Gasteiger charge is -2.16. The Bertz CT molecular complexity index is 763. The lowest BCUT2D eigenvalue weighted by molar-refractivity contribution is 0.487. The van der Waals surface area contributed by atoms with Gasteiger partial charge in [-0.3, -0.25) is 4.99 Å². The SMILES string of the molecule is CCNC(=NCCc1ccco1)NC(C)c1cc2ccccc2o1.I. The highest BCUT2D eigenvalue weighted by molar-refractivity contribution is 14.0. The molecule has 0 saturated carbocycles. The molecule has 1 aromatic carbocycles. The molecule has 0 fully saturated rings. The molecule has 0 amide bonds. The minimum atomic E-state index is 0. The first kappa shape index (κ1) is 19.4. The number of hydrogen-bond donors (Lipinski definition) is 2. The average molecular weight is 453 g/mol. The molecule has 0 bridgehead atoms. The number of hydrogen-bond acceptors (Lipinski definition) is 3. The maximum absolute atomic E-state index is 5.91. The van der Waals surface area contributed by atoms with Crippen molar-refractivity contribution >= 4 is 40.9 Å². The Morgan fingerprint density at radius 2 is 2.04 bits per heavy atom. The summed E-state index contributed by atoms with van der Waals surface area (Å²) >= 11 is 0. The average Bonchev–Trinajstić information content (AvgIpc) is 3.24. The van der Waals surface area contributed by atoms with Crippen LogP contribution in [0.5, 0.6) is 0 Å². The minimum Gasteiger partial charge on any atom is -0.469 e. The topological polar surface area (TPSA) is 62.7 Å². The molecule has 134 valence electrons. The van der Waals surface area contributed by atoms with Crippen molar-refractivity contribution in [2.45, 2.75) is 26.3 Å². The molecule has 25 heavy (non-hydrogen) atoms. The lowest BCUT2D eigenvalue weighted by atomic mass is 10.2. The molecule has 0 aliphatic rings. The molecule has 3 rings (SSSR count). The highest BCUT2D eigenvalue weighted by Crippen LogP contribution is 2.23. The van der Waals surface area contributed by atoms with Gasteiger partial charge >= 0.3 is 0 Å². The van der Waals surface area contributed by atoms with Crippen LogP contribution in [-0.4, -0.2) is 19.0 Å². The summed E-state index contributed by atoms with van der Waals surface area (Å²) < 4.78 is 11.2. The Hall–Kier alpha value is -1.96. The fraction of sp³-hybridized carbons (Fsp3) is 0.316. The van der Waals surface area contributed by atoms with Crippen LogP contribution in [0, 0.1) is 0 Å². The second-order valence-corrected chi connectivity index (χ2v) is 5.64. The van der Waals surface area contributed by atoms with Crippen LogP contribution < -0.4 is 10.6 Å². The first-order chi connectivity index (χ1) is 11.8. The summed E-state index contributed by atoms with van der Waals surface area (Å²) in [5.41, 5.74) is 0.904. The predicted molar refractivity (Wildman–Crippen MR) is 112 cm³/mol. The van der Waals surface area contributed by atoms with Gasteiger partial charge in [-0.2, -0.15) is 0 Å². The fourth-order valence-electron chi connectivity index (χ4n) is 2.54. The van der Waals surface area contributed by atoms with Gasteiger partial charge < -0.3 is 19.5 Å². The molecular formula is C19H24IN3O2. The molecule has 3 aromatic rings. The van der Waals surface area contributed by atoms with Crippen LogP contribution in [0.3, 0.4) is 0 Å². The summed E-state index contributed by atoms with van der Waals surface area (Å²) in [7, 11) is 0. The number of fused-ring (bicyclic) bond motifs is 1. The van der Waals surface area contributed by atoms with Crippen LogP contribution in [0.25, 0.3) is 11.0 Å². The second-order valence-electron chi connectivity index (χ2n) is 5.64. The lowest BCUT2D eigenvalue weighted by Crippen LogP contribution is -2.38. The Labute approximate surface area is 164 Å². The van der Waals surface area contributed by atoms with E-state index in [2.05, 4.69) is 41.6 Å². The summed E-state index contributed by atoms with van der Waals surface area (Å²) in [4.78, 5) is 4.60. The van der Waals surface area contributed by atoms with Crippen molar-refractivity contribution in [2.75, 3.05) is 13.1 Å². The Balaban J connectivity index is 0.00000225. The smallest absolute Gasteiger partial charge is 0.191 e. The van der Waals surface area contributed by atoms with E-state index in [1.165, 1.54) is 0 Å². The van der Waals surface area contributed by atoms with Crippen LogP contribution in [0.1, 0.15) is 31.4 Å². The van der Waals surface area contributed by atoms with Crippen LogP contribution in [0.4, 0.5) is 0 Å². The summed E-state index contributed by atoms with van der Waals surface area (Å²) in [5.74, 6) is 2.62. The third kappa shape index (κ3) is 5.26. The number of benzene rings is 1. The second kappa shape index (κ2) is 9.50. The molecule has 0 aliphatic heterocycles. The number of furan rings is 2. The van der Waals surface area contributed by atoms with E-state index in [4.69, 9.17) is 8.83 Å². The number of para-hydroxylation sites is 1. The van der Waals surface area contributed by atoms with E-state index >= 15 is 0 Å². The van der Waals surface area contributed by atoms with E-state index in [1.54, 1.807) is 6.26 Å². The Morgan fingerprint density at radius 3 is 2.76 bits per heavy atom. The van der Waals surface area contributed by atoms with Crippen LogP contribution in [0.2, 0.25) is 0 Å². The van der Waals surface area contributed by atoms with Gasteiger partial charge in [0.25, 0.3) is 0 Å². The van der Waals surface area contributed by atoms with E-state index in [9.17, 15) is 0 Å². The van der Waals surface area contributed by atoms with Crippen molar-refractivity contribution in [3.05, 3.63) is 60.2 Å². The van der Waals surface area contributed by atoms with Crippen molar-refractivity contribution in [1.82, 2.24) is 10.6 Å². The van der Waals surface area contributed by atoms with Crippen LogP contribution in [0.15, 0.2) is 62.6 Å². The summed E-state index contributed by atoms with van der Waals surface area (Å²) in [6, 6.07) is 14.0. The largest absolute Gasteiger partial charge is 0.469 e. The van der Waals surface area contributed by atoms with Crippen molar-refractivity contribution in [3.8, 4) is 0 Å². The van der Waals surface area contributed by atoms with Gasteiger partial charge in [-0.15, -0.1) is 24.0 Å². The molecule has 0 saturated heterocycles. The van der Waals surface area contributed by atoms with Gasteiger partial charge in [-0.25, -0.2) is 0 Å². The normalized spacial score (nSPS) is 12.6. The maximum atomic E-state index is 5.91. The van der Waals surface area contributed by atoms with Crippen LogP contribution >= 0.6 is 24.0 Å². The molecule has 0 radical (unpaired) electrons. The Morgan fingerprint density at radius 1 is 1.20 bits per heavy atom. The zero-order valence-corrected chi connectivity index (χ0v) is 16.8. The third-order valence-corrected chi connectivity index (χ3v) is 3.78. The van der Waals surface area contributed by atoms with Gasteiger partial charge in [-0.05, 0) is 38.1 Å². The van der Waals surface area contributed by atoms with Gasteiger partial charge in [0.2, 0.25) is 0 Å². The summed E-state index contributed by atoms with van der Waals surface area (Å²) in [6.45, 7) is 5.59. The highest BCUT2D eigenvalue weighted by atomic mass is 127. The highest BCUT2D eigenvalue weighted by Gasteiger charge is 2.12. The predicted octanol–water partition coefficient (Wildman–Crippen LogP) is 4.50. The van der Waals surface area contributed by atoms with Crippen molar-refractivity contribution in [1.29, 1.82) is 0 Å². The molecule has 0 aliphatic carbocycles. The molecule has 6 heteroatoms. The van der Waals surface area contributed by atoms with Gasteiger partial charge in [0.1, 0.15) is 17.1 Å². The third-order valence-electron chi connectivity index (χ3n) is 3.78. The number of guanidine groups is 1. The van der Waals surface area contributed by atoms with E-state index in [1.807, 2.05) is 30.3 Å². The number of aliphatic imine (C=N–C) groups is 1. The fourth-order valence-corrected chi connectivity index (χ4v) is 2.54. The number of halogens is 1. The van der Waals surface area contributed by atoms with E-state index in [0.29, 0.717) is 6.54 Å². The monoisotopic (exact) mass is 453 g/mol. The van der Waals surface area contributed by atoms with Crippen molar-refractivity contribution < 1.29 is 8.83 Å². The Kier molecular flexibility index (Phi) is 7.36. The van der Waals surface area contributed by atoms with Crippen molar-refractivity contribution in [2.24, 2.45) is 4.99 Å². The minimum absolute atomic E-state index is 0. The molecule has 2 N–H and O–H groups in total. The van der Waals surface area contributed by atoms with Gasteiger partial charge in [0, 0.05) is 24.9 Å². The molecule has 2 heterocycles.